The number of aromatic nitrogens is 2. The summed E-state index contributed by atoms with van der Waals surface area (Å²) in [5, 5.41) is 3.44. The second-order valence-corrected chi connectivity index (χ2v) is 7.33. The molecule has 1 aromatic heterocycles. The van der Waals surface area contributed by atoms with Crippen molar-refractivity contribution in [2.75, 3.05) is 31.6 Å². The molecule has 4 rings (SSSR count). The zero-order valence-corrected chi connectivity index (χ0v) is 15.8. The number of hydrogen-bond donors (Lipinski definition) is 1. The number of fused-ring (bicyclic) bond motifs is 1. The topological polar surface area (TPSA) is 50.3 Å². The van der Waals surface area contributed by atoms with Gasteiger partial charge in [-0.2, -0.15) is 0 Å². The third-order valence-electron chi connectivity index (χ3n) is 5.62. The van der Waals surface area contributed by atoms with Crippen LogP contribution in [0.1, 0.15) is 47.8 Å². The molecule has 26 heavy (non-hydrogen) atoms. The average Bonchev–Trinajstić information content (AvgIpc) is 2.69. The van der Waals surface area contributed by atoms with Crippen LogP contribution in [0.3, 0.4) is 0 Å². The lowest BCUT2D eigenvalue weighted by atomic mass is 9.96. The minimum Gasteiger partial charge on any atom is -0.496 e. The quantitative estimate of drug-likeness (QED) is 0.916. The van der Waals surface area contributed by atoms with Gasteiger partial charge in [0.05, 0.1) is 7.11 Å². The summed E-state index contributed by atoms with van der Waals surface area (Å²) in [6.07, 6.45) is 4.49. The molecule has 1 fully saturated rings. The molecule has 0 aliphatic carbocycles. The lowest BCUT2D eigenvalue weighted by Gasteiger charge is -2.32. The minimum atomic E-state index is 0.482. The van der Waals surface area contributed by atoms with Crippen LogP contribution in [-0.4, -0.2) is 36.7 Å². The Labute approximate surface area is 155 Å². The molecule has 0 amide bonds. The first-order valence-electron chi connectivity index (χ1n) is 9.71. The van der Waals surface area contributed by atoms with E-state index in [0.29, 0.717) is 5.92 Å². The molecule has 1 N–H and O–H groups in total. The maximum absolute atomic E-state index is 5.55. The number of nitrogens with zero attached hydrogens (tertiary/aromatic N) is 3. The van der Waals surface area contributed by atoms with Crippen LogP contribution in [0.15, 0.2) is 24.3 Å². The number of anilines is 1. The van der Waals surface area contributed by atoms with Gasteiger partial charge in [-0.05, 0) is 51.8 Å². The fraction of sp³-hybridized carbons (Fsp3) is 0.524. The molecule has 0 radical (unpaired) electrons. The minimum absolute atomic E-state index is 0.482. The summed E-state index contributed by atoms with van der Waals surface area (Å²) < 4.78 is 5.55. The standard InChI is InChI=1S/C21H28N4O/c1-15-18-7-5-13-25(14-17-6-3-4-8-19(17)26-2)21(18)24-20(23-15)16-9-11-22-12-10-16/h3-4,6,8,16,22H,5,7,9-14H2,1-2H3. The molecular weight excluding hydrogens is 324 g/mol. The molecule has 0 spiro atoms. The van der Waals surface area contributed by atoms with Crippen LogP contribution < -0.4 is 15.0 Å². The molecule has 138 valence electrons. The van der Waals surface area contributed by atoms with Crippen molar-refractivity contribution in [1.82, 2.24) is 15.3 Å². The van der Waals surface area contributed by atoms with Crippen LogP contribution in [0.2, 0.25) is 0 Å². The van der Waals surface area contributed by atoms with Gasteiger partial charge >= 0.3 is 0 Å². The van der Waals surface area contributed by atoms with Crippen LogP contribution in [0.4, 0.5) is 5.82 Å². The molecule has 2 aliphatic heterocycles. The van der Waals surface area contributed by atoms with Gasteiger partial charge in [0.25, 0.3) is 0 Å². The summed E-state index contributed by atoms with van der Waals surface area (Å²) in [6, 6.07) is 8.28. The Kier molecular flexibility index (Phi) is 5.07. The highest BCUT2D eigenvalue weighted by atomic mass is 16.5. The number of piperidine rings is 1. The second kappa shape index (κ2) is 7.62. The Hall–Kier alpha value is -2.14. The first-order chi connectivity index (χ1) is 12.8. The highest BCUT2D eigenvalue weighted by molar-refractivity contribution is 5.52. The van der Waals surface area contributed by atoms with Gasteiger partial charge in [0.1, 0.15) is 17.4 Å². The maximum atomic E-state index is 5.55. The van der Waals surface area contributed by atoms with Crippen molar-refractivity contribution in [3.05, 3.63) is 46.9 Å². The molecule has 0 bridgehead atoms. The summed E-state index contributed by atoms with van der Waals surface area (Å²) in [7, 11) is 1.74. The number of rotatable bonds is 4. The lowest BCUT2D eigenvalue weighted by Crippen LogP contribution is -2.32. The number of aryl methyl sites for hydroxylation is 1. The molecule has 1 saturated heterocycles. The Bertz CT molecular complexity index is 771. The molecule has 3 heterocycles. The van der Waals surface area contributed by atoms with Crippen LogP contribution >= 0.6 is 0 Å². The molecule has 1 aromatic carbocycles. The van der Waals surface area contributed by atoms with Gasteiger partial charge in [-0.15, -0.1) is 0 Å². The van der Waals surface area contributed by atoms with Crippen molar-refractivity contribution in [1.29, 1.82) is 0 Å². The summed E-state index contributed by atoms with van der Waals surface area (Å²) in [6.45, 7) is 6.15. The lowest BCUT2D eigenvalue weighted by molar-refractivity contribution is 0.408. The molecule has 0 atom stereocenters. The zero-order chi connectivity index (χ0) is 17.9. The number of benzene rings is 1. The van der Waals surface area contributed by atoms with E-state index >= 15 is 0 Å². The zero-order valence-electron chi connectivity index (χ0n) is 15.8. The largest absolute Gasteiger partial charge is 0.496 e. The molecule has 0 unspecified atom stereocenters. The van der Waals surface area contributed by atoms with Gasteiger partial charge in [-0.1, -0.05) is 18.2 Å². The Morgan fingerprint density at radius 1 is 1.19 bits per heavy atom. The number of para-hydroxylation sites is 1. The normalized spacial score (nSPS) is 17.8. The van der Waals surface area contributed by atoms with E-state index in [-0.39, 0.29) is 0 Å². The average molecular weight is 352 g/mol. The van der Waals surface area contributed by atoms with Crippen molar-refractivity contribution in [3.63, 3.8) is 0 Å². The van der Waals surface area contributed by atoms with Crippen LogP contribution in [-0.2, 0) is 13.0 Å². The SMILES string of the molecule is COc1ccccc1CN1CCCc2c(C)nc(C3CCNCC3)nc21. The van der Waals surface area contributed by atoms with E-state index in [2.05, 4.69) is 29.3 Å². The van der Waals surface area contributed by atoms with E-state index in [9.17, 15) is 0 Å². The highest BCUT2D eigenvalue weighted by Crippen LogP contribution is 2.32. The predicted molar refractivity (Wildman–Crippen MR) is 104 cm³/mol. The van der Waals surface area contributed by atoms with E-state index in [4.69, 9.17) is 14.7 Å². The van der Waals surface area contributed by atoms with Crippen LogP contribution in [0.5, 0.6) is 5.75 Å². The number of methoxy groups -OCH3 is 1. The monoisotopic (exact) mass is 352 g/mol. The van der Waals surface area contributed by atoms with Gasteiger partial charge in [0.15, 0.2) is 0 Å². The Balaban J connectivity index is 1.66. The van der Waals surface area contributed by atoms with Crippen molar-refractivity contribution in [2.45, 2.75) is 45.1 Å². The van der Waals surface area contributed by atoms with Crippen molar-refractivity contribution >= 4 is 5.82 Å². The van der Waals surface area contributed by atoms with Crippen molar-refractivity contribution in [2.24, 2.45) is 0 Å². The first-order valence-corrected chi connectivity index (χ1v) is 9.71. The molecule has 5 nitrogen and oxygen atoms in total. The molecule has 2 aromatic rings. The Morgan fingerprint density at radius 2 is 2.00 bits per heavy atom. The van der Waals surface area contributed by atoms with Crippen LogP contribution in [0, 0.1) is 6.92 Å². The molecule has 2 aliphatic rings. The summed E-state index contributed by atoms with van der Waals surface area (Å²) in [5.41, 5.74) is 3.69. The fourth-order valence-corrected chi connectivity index (χ4v) is 4.16. The van der Waals surface area contributed by atoms with Gasteiger partial charge in [0.2, 0.25) is 0 Å². The highest BCUT2D eigenvalue weighted by Gasteiger charge is 2.26. The summed E-state index contributed by atoms with van der Waals surface area (Å²) in [4.78, 5) is 12.4. The predicted octanol–water partition coefficient (Wildman–Crippen LogP) is 3.21. The number of nitrogens with one attached hydrogen (secondary N) is 1. The second-order valence-electron chi connectivity index (χ2n) is 7.33. The van der Waals surface area contributed by atoms with E-state index in [0.717, 1.165) is 74.9 Å². The van der Waals surface area contributed by atoms with E-state index < -0.39 is 0 Å². The number of hydrogen-bond acceptors (Lipinski definition) is 5. The van der Waals surface area contributed by atoms with Gasteiger partial charge in [-0.25, -0.2) is 9.97 Å². The Morgan fingerprint density at radius 3 is 2.81 bits per heavy atom. The van der Waals surface area contributed by atoms with Crippen molar-refractivity contribution < 1.29 is 4.74 Å². The third-order valence-corrected chi connectivity index (χ3v) is 5.62. The third kappa shape index (κ3) is 3.40. The maximum Gasteiger partial charge on any atom is 0.136 e. The van der Waals surface area contributed by atoms with Gasteiger partial charge < -0.3 is 15.0 Å². The van der Waals surface area contributed by atoms with Crippen molar-refractivity contribution in [3.8, 4) is 5.75 Å². The summed E-state index contributed by atoms with van der Waals surface area (Å²) in [5.74, 6) is 3.61. The molecular formula is C21H28N4O. The van der Waals surface area contributed by atoms with Gasteiger partial charge in [-0.3, -0.25) is 0 Å². The summed E-state index contributed by atoms with van der Waals surface area (Å²) >= 11 is 0. The van der Waals surface area contributed by atoms with E-state index in [1.165, 1.54) is 11.1 Å². The van der Waals surface area contributed by atoms with E-state index in [1.807, 2.05) is 12.1 Å². The van der Waals surface area contributed by atoms with Gasteiger partial charge in [0, 0.05) is 35.8 Å². The molecule has 0 saturated carbocycles. The fourth-order valence-electron chi connectivity index (χ4n) is 4.16. The smallest absolute Gasteiger partial charge is 0.136 e. The van der Waals surface area contributed by atoms with E-state index in [1.54, 1.807) is 7.11 Å². The van der Waals surface area contributed by atoms with Crippen LogP contribution in [0.25, 0.3) is 0 Å². The molecule has 5 heteroatoms. The first kappa shape index (κ1) is 17.3. The number of ether oxygens (including phenoxy) is 1.